The van der Waals surface area contributed by atoms with Gasteiger partial charge in [0.2, 0.25) is 0 Å². The average Bonchev–Trinajstić information content (AvgIpc) is 2.97. The van der Waals surface area contributed by atoms with Crippen LogP contribution in [0.25, 0.3) is 11.3 Å². The van der Waals surface area contributed by atoms with Gasteiger partial charge < -0.3 is 10.6 Å². The second-order valence-electron chi connectivity index (χ2n) is 5.19. The standard InChI is InChI=1S/C16H22N4S/c1-12(2)9-18-16(17-3)19-10-15-20-14(11-21-15)13-7-5-4-6-8-13/h4-8,11-12H,9-10H2,1-3H3,(H2,17,18,19). The van der Waals surface area contributed by atoms with E-state index in [0.717, 1.165) is 28.8 Å². The highest BCUT2D eigenvalue weighted by Gasteiger charge is 2.05. The third-order valence-electron chi connectivity index (χ3n) is 2.93. The number of guanidine groups is 1. The number of hydrogen-bond acceptors (Lipinski definition) is 3. The Hall–Kier alpha value is -1.88. The lowest BCUT2D eigenvalue weighted by Crippen LogP contribution is -2.38. The molecule has 0 aliphatic heterocycles. The van der Waals surface area contributed by atoms with E-state index < -0.39 is 0 Å². The maximum atomic E-state index is 4.66. The molecule has 21 heavy (non-hydrogen) atoms. The first-order valence-corrected chi connectivity index (χ1v) is 8.01. The van der Waals surface area contributed by atoms with Crippen molar-refractivity contribution in [2.75, 3.05) is 13.6 Å². The van der Waals surface area contributed by atoms with Crippen LogP contribution in [-0.2, 0) is 6.54 Å². The molecule has 0 saturated carbocycles. The second-order valence-corrected chi connectivity index (χ2v) is 6.14. The van der Waals surface area contributed by atoms with Gasteiger partial charge >= 0.3 is 0 Å². The Balaban J connectivity index is 1.91. The molecule has 0 atom stereocenters. The smallest absolute Gasteiger partial charge is 0.191 e. The topological polar surface area (TPSA) is 49.3 Å². The summed E-state index contributed by atoms with van der Waals surface area (Å²) < 4.78 is 0. The highest BCUT2D eigenvalue weighted by Crippen LogP contribution is 2.21. The van der Waals surface area contributed by atoms with Gasteiger partial charge in [-0.2, -0.15) is 0 Å². The van der Waals surface area contributed by atoms with E-state index in [-0.39, 0.29) is 0 Å². The second kappa shape index (κ2) is 7.78. The van der Waals surface area contributed by atoms with Crippen LogP contribution in [0.2, 0.25) is 0 Å². The van der Waals surface area contributed by atoms with Crippen molar-refractivity contribution in [2.45, 2.75) is 20.4 Å². The molecule has 0 amide bonds. The number of nitrogens with zero attached hydrogens (tertiary/aromatic N) is 2. The van der Waals surface area contributed by atoms with Gasteiger partial charge in [0.25, 0.3) is 0 Å². The third-order valence-corrected chi connectivity index (χ3v) is 3.78. The number of rotatable bonds is 5. The Labute approximate surface area is 130 Å². The highest BCUT2D eigenvalue weighted by molar-refractivity contribution is 7.09. The lowest BCUT2D eigenvalue weighted by atomic mass is 10.2. The minimum Gasteiger partial charge on any atom is -0.356 e. The molecule has 0 bridgehead atoms. The zero-order valence-corrected chi connectivity index (χ0v) is 13.6. The number of thiazole rings is 1. The maximum absolute atomic E-state index is 4.66. The molecule has 0 aliphatic rings. The Morgan fingerprint density at radius 3 is 2.67 bits per heavy atom. The first-order valence-electron chi connectivity index (χ1n) is 7.13. The van der Waals surface area contributed by atoms with Gasteiger partial charge in [-0.3, -0.25) is 4.99 Å². The van der Waals surface area contributed by atoms with Gasteiger partial charge in [0.05, 0.1) is 12.2 Å². The van der Waals surface area contributed by atoms with Gasteiger partial charge in [-0.15, -0.1) is 11.3 Å². The van der Waals surface area contributed by atoms with E-state index >= 15 is 0 Å². The monoisotopic (exact) mass is 302 g/mol. The molecular formula is C16H22N4S. The zero-order chi connectivity index (χ0) is 15.1. The van der Waals surface area contributed by atoms with Crippen molar-refractivity contribution >= 4 is 17.3 Å². The predicted molar refractivity (Wildman–Crippen MR) is 90.6 cm³/mol. The molecule has 0 radical (unpaired) electrons. The fraction of sp³-hybridized carbons (Fsp3) is 0.375. The minimum absolute atomic E-state index is 0.591. The van der Waals surface area contributed by atoms with Crippen molar-refractivity contribution < 1.29 is 0 Å². The van der Waals surface area contributed by atoms with Crippen molar-refractivity contribution in [3.05, 3.63) is 40.7 Å². The van der Waals surface area contributed by atoms with Gasteiger partial charge in [-0.05, 0) is 5.92 Å². The largest absolute Gasteiger partial charge is 0.356 e. The van der Waals surface area contributed by atoms with E-state index in [4.69, 9.17) is 0 Å². The van der Waals surface area contributed by atoms with E-state index in [0.29, 0.717) is 12.5 Å². The van der Waals surface area contributed by atoms with Crippen LogP contribution < -0.4 is 10.6 Å². The Morgan fingerprint density at radius 2 is 2.00 bits per heavy atom. The highest BCUT2D eigenvalue weighted by atomic mass is 32.1. The van der Waals surface area contributed by atoms with E-state index in [2.05, 4.69) is 52.0 Å². The SMILES string of the molecule is CN=C(NCc1nc(-c2ccccc2)cs1)NCC(C)C. The van der Waals surface area contributed by atoms with Crippen molar-refractivity contribution in [2.24, 2.45) is 10.9 Å². The first-order chi connectivity index (χ1) is 10.2. The van der Waals surface area contributed by atoms with Crippen molar-refractivity contribution in [3.8, 4) is 11.3 Å². The van der Waals surface area contributed by atoms with E-state index in [1.165, 1.54) is 0 Å². The number of aliphatic imine (C=N–C) groups is 1. The summed E-state index contributed by atoms with van der Waals surface area (Å²) in [6, 6.07) is 10.2. The lowest BCUT2D eigenvalue weighted by Gasteiger charge is -2.12. The summed E-state index contributed by atoms with van der Waals surface area (Å²) in [5, 5.41) is 9.74. The lowest BCUT2D eigenvalue weighted by molar-refractivity contribution is 0.614. The zero-order valence-electron chi connectivity index (χ0n) is 12.8. The van der Waals surface area contributed by atoms with Crippen molar-refractivity contribution in [1.29, 1.82) is 0 Å². The molecule has 5 heteroatoms. The Kier molecular flexibility index (Phi) is 5.75. The van der Waals surface area contributed by atoms with Gasteiger partial charge in [0.15, 0.2) is 5.96 Å². The van der Waals surface area contributed by atoms with E-state index in [1.54, 1.807) is 18.4 Å². The molecule has 0 unspecified atom stereocenters. The fourth-order valence-corrected chi connectivity index (χ4v) is 2.56. The van der Waals surface area contributed by atoms with Gasteiger partial charge in [-0.25, -0.2) is 4.98 Å². The summed E-state index contributed by atoms with van der Waals surface area (Å²) in [5.74, 6) is 1.41. The molecular weight excluding hydrogens is 280 g/mol. The normalized spacial score (nSPS) is 11.7. The molecule has 1 heterocycles. The van der Waals surface area contributed by atoms with Crippen LogP contribution in [0.15, 0.2) is 40.7 Å². The van der Waals surface area contributed by atoms with Crippen molar-refractivity contribution in [3.63, 3.8) is 0 Å². The predicted octanol–water partition coefficient (Wildman–Crippen LogP) is 3.13. The molecule has 2 rings (SSSR count). The minimum atomic E-state index is 0.591. The maximum Gasteiger partial charge on any atom is 0.191 e. The van der Waals surface area contributed by atoms with Gasteiger partial charge in [-0.1, -0.05) is 44.2 Å². The van der Waals surface area contributed by atoms with E-state index in [9.17, 15) is 0 Å². The van der Waals surface area contributed by atoms with E-state index in [1.807, 2.05) is 18.2 Å². The summed E-state index contributed by atoms with van der Waals surface area (Å²) >= 11 is 1.66. The van der Waals surface area contributed by atoms with Crippen molar-refractivity contribution in [1.82, 2.24) is 15.6 Å². The average molecular weight is 302 g/mol. The summed E-state index contributed by atoms with van der Waals surface area (Å²) in [6.45, 7) is 5.95. The fourth-order valence-electron chi connectivity index (χ4n) is 1.81. The van der Waals surface area contributed by atoms with Gasteiger partial charge in [0.1, 0.15) is 5.01 Å². The third kappa shape index (κ3) is 4.86. The van der Waals surface area contributed by atoms with Crippen LogP contribution in [0.5, 0.6) is 0 Å². The number of benzene rings is 1. The van der Waals surface area contributed by atoms with Crippen LogP contribution in [0.3, 0.4) is 0 Å². The summed E-state index contributed by atoms with van der Waals surface area (Å²) in [5.41, 5.74) is 2.19. The van der Waals surface area contributed by atoms with Crippen LogP contribution >= 0.6 is 11.3 Å². The number of nitrogens with one attached hydrogen (secondary N) is 2. The number of aromatic nitrogens is 1. The molecule has 0 aliphatic carbocycles. The van der Waals surface area contributed by atoms with Crippen LogP contribution in [0, 0.1) is 5.92 Å². The van der Waals surface area contributed by atoms with Crippen LogP contribution in [-0.4, -0.2) is 24.5 Å². The van der Waals surface area contributed by atoms with Crippen LogP contribution in [0.1, 0.15) is 18.9 Å². The van der Waals surface area contributed by atoms with Crippen LogP contribution in [0.4, 0.5) is 0 Å². The summed E-state index contributed by atoms with van der Waals surface area (Å²) in [6.07, 6.45) is 0. The summed E-state index contributed by atoms with van der Waals surface area (Å²) in [4.78, 5) is 8.87. The molecule has 0 fully saturated rings. The molecule has 1 aromatic heterocycles. The molecule has 0 saturated heterocycles. The molecule has 112 valence electrons. The molecule has 1 aromatic carbocycles. The molecule has 4 nitrogen and oxygen atoms in total. The molecule has 0 spiro atoms. The molecule has 2 aromatic rings. The number of hydrogen-bond donors (Lipinski definition) is 2. The Bertz CT molecular complexity index is 575. The quantitative estimate of drug-likeness (QED) is 0.659. The molecule has 2 N–H and O–H groups in total. The Morgan fingerprint density at radius 1 is 1.24 bits per heavy atom. The van der Waals surface area contributed by atoms with Gasteiger partial charge in [0, 0.05) is 24.5 Å². The first kappa shape index (κ1) is 15.5. The summed E-state index contributed by atoms with van der Waals surface area (Å²) in [7, 11) is 1.78.